The van der Waals surface area contributed by atoms with Crippen molar-refractivity contribution in [2.75, 3.05) is 19.6 Å². The number of guanidine groups is 1. The summed E-state index contributed by atoms with van der Waals surface area (Å²) in [5.74, 6) is 0.765. The molecular formula is C20H28ClN6+. The van der Waals surface area contributed by atoms with Crippen LogP contribution in [0, 0.1) is 12.3 Å². The second kappa shape index (κ2) is 8.78. The molecule has 2 aliphatic rings. The smallest absolute Gasteiger partial charge is 0.305 e. The largest absolute Gasteiger partial charge is 0.320 e. The molecule has 0 aromatic heterocycles. The molecule has 1 aromatic carbocycles. The maximum Gasteiger partial charge on any atom is 0.320 e. The van der Waals surface area contributed by atoms with E-state index in [0.29, 0.717) is 10.7 Å². The van der Waals surface area contributed by atoms with Crippen molar-refractivity contribution >= 4 is 29.0 Å². The molecule has 0 saturated carbocycles. The van der Waals surface area contributed by atoms with Crippen molar-refractivity contribution < 1.29 is 5.32 Å². The highest BCUT2D eigenvalue weighted by molar-refractivity contribution is 6.31. The lowest BCUT2D eigenvalue weighted by Gasteiger charge is -2.29. The van der Waals surface area contributed by atoms with Gasteiger partial charge in [-0.15, -0.1) is 0 Å². The van der Waals surface area contributed by atoms with Gasteiger partial charge in [0, 0.05) is 28.9 Å². The van der Waals surface area contributed by atoms with E-state index in [9.17, 15) is 0 Å². The Morgan fingerprint density at radius 2 is 2.33 bits per heavy atom. The van der Waals surface area contributed by atoms with E-state index in [2.05, 4.69) is 22.4 Å². The van der Waals surface area contributed by atoms with Crippen molar-refractivity contribution in [1.29, 1.82) is 5.41 Å². The molecule has 0 aliphatic carbocycles. The Kier molecular flexibility index (Phi) is 6.42. The summed E-state index contributed by atoms with van der Waals surface area (Å²) >= 11 is 6.10. The molecule has 3 rings (SSSR count). The van der Waals surface area contributed by atoms with Gasteiger partial charge >= 0.3 is 5.96 Å². The van der Waals surface area contributed by atoms with E-state index in [-0.39, 0.29) is 6.04 Å². The number of aryl methyl sites for hydroxylation is 1. The lowest BCUT2D eigenvalue weighted by Crippen LogP contribution is -2.92. The number of piperidine rings is 1. The van der Waals surface area contributed by atoms with Crippen molar-refractivity contribution in [3.05, 3.63) is 46.1 Å². The summed E-state index contributed by atoms with van der Waals surface area (Å²) in [5.41, 5.74) is 7.36. The van der Waals surface area contributed by atoms with Crippen LogP contribution in [0.5, 0.6) is 0 Å². The average Bonchev–Trinajstić information content (AvgIpc) is 2.62. The minimum absolute atomic E-state index is 0.286. The predicted molar refractivity (Wildman–Crippen MR) is 112 cm³/mol. The Morgan fingerprint density at radius 3 is 3.04 bits per heavy atom. The third-order valence-corrected chi connectivity index (χ3v) is 5.15. The normalized spacial score (nSPS) is 24.0. The van der Waals surface area contributed by atoms with Gasteiger partial charge in [0.1, 0.15) is 0 Å². The van der Waals surface area contributed by atoms with Gasteiger partial charge in [-0.05, 0) is 57.5 Å². The van der Waals surface area contributed by atoms with Gasteiger partial charge in [0.05, 0.1) is 6.04 Å². The number of quaternary nitrogens is 1. The molecule has 1 aromatic rings. The van der Waals surface area contributed by atoms with E-state index in [1.165, 1.54) is 6.42 Å². The number of nitrogens with zero attached hydrogens (tertiary/aromatic N) is 3. The number of hydrogen-bond acceptors (Lipinski definition) is 4. The maximum atomic E-state index is 7.90. The Morgan fingerprint density at radius 1 is 1.52 bits per heavy atom. The summed E-state index contributed by atoms with van der Waals surface area (Å²) in [6.07, 6.45) is 4.11. The Bertz CT molecular complexity index is 811. The molecule has 4 N–H and O–H groups in total. The molecule has 2 heterocycles. The monoisotopic (exact) mass is 387 g/mol. The van der Waals surface area contributed by atoms with Gasteiger partial charge in [-0.3, -0.25) is 0 Å². The summed E-state index contributed by atoms with van der Waals surface area (Å²) in [7, 11) is 0. The van der Waals surface area contributed by atoms with Crippen molar-refractivity contribution in [3.63, 3.8) is 0 Å². The molecule has 0 spiro atoms. The molecule has 2 aliphatic heterocycles. The zero-order valence-electron chi connectivity index (χ0n) is 16.2. The Labute approximate surface area is 165 Å². The van der Waals surface area contributed by atoms with Crippen LogP contribution in [0.1, 0.15) is 37.8 Å². The van der Waals surface area contributed by atoms with Crippen molar-refractivity contribution in [2.45, 2.75) is 39.7 Å². The lowest BCUT2D eigenvalue weighted by molar-refractivity contribution is -0.481. The predicted octanol–water partition coefficient (Wildman–Crippen LogP) is 2.28. The summed E-state index contributed by atoms with van der Waals surface area (Å²) in [5, 5.41) is 15.2. The van der Waals surface area contributed by atoms with Crippen molar-refractivity contribution in [1.82, 2.24) is 10.3 Å². The number of nitrogens with one attached hydrogen (secondary N) is 2. The fourth-order valence-corrected chi connectivity index (χ4v) is 3.79. The minimum Gasteiger partial charge on any atom is -0.305 e. The number of allylic oxidation sites excluding steroid dienone is 2. The lowest BCUT2D eigenvalue weighted by atomic mass is 10.0. The summed E-state index contributed by atoms with van der Waals surface area (Å²) < 4.78 is 0. The van der Waals surface area contributed by atoms with E-state index >= 15 is 0 Å². The molecule has 1 fully saturated rings. The fraction of sp³-hybridized carbons (Fsp3) is 0.450. The first-order valence-electron chi connectivity index (χ1n) is 9.48. The number of aliphatic imine (C=N–C) groups is 1. The SMILES string of the molecule is CCN1CCCC(N=C2NN=C(c3ccc(Cl)cc3C)/C(=C/C(C)=N)[NH2+]2)C1. The van der Waals surface area contributed by atoms with Crippen LogP contribution < -0.4 is 10.7 Å². The van der Waals surface area contributed by atoms with Crippen LogP contribution in [0.15, 0.2) is 40.1 Å². The third kappa shape index (κ3) is 5.03. The second-order valence-corrected chi connectivity index (χ2v) is 7.60. The summed E-state index contributed by atoms with van der Waals surface area (Å²) in [4.78, 5) is 7.32. The van der Waals surface area contributed by atoms with E-state index in [0.717, 1.165) is 54.6 Å². The first kappa shape index (κ1) is 19.7. The molecule has 1 saturated heterocycles. The number of hydrogen-bond donors (Lipinski definition) is 3. The van der Waals surface area contributed by atoms with Gasteiger partial charge in [0.15, 0.2) is 11.4 Å². The van der Waals surface area contributed by atoms with Gasteiger partial charge < -0.3 is 10.3 Å². The zero-order valence-corrected chi connectivity index (χ0v) is 17.0. The van der Waals surface area contributed by atoms with E-state index in [1.54, 1.807) is 6.92 Å². The molecule has 1 atom stereocenters. The van der Waals surface area contributed by atoms with Gasteiger partial charge in [0.2, 0.25) is 0 Å². The van der Waals surface area contributed by atoms with Crippen LogP contribution >= 0.6 is 11.6 Å². The first-order valence-corrected chi connectivity index (χ1v) is 9.86. The minimum atomic E-state index is 0.286. The number of halogens is 1. The van der Waals surface area contributed by atoms with Gasteiger partial charge in [-0.25, -0.2) is 15.7 Å². The highest BCUT2D eigenvalue weighted by atomic mass is 35.5. The van der Waals surface area contributed by atoms with E-state index in [1.807, 2.05) is 36.5 Å². The summed E-state index contributed by atoms with van der Waals surface area (Å²) in [6.45, 7) is 9.19. The standard InChI is InChI=1S/C20H27ClN6/c1-4-27-9-5-6-16(12-27)23-20-24-18(11-14(3)22)19(25-26-20)17-8-7-15(21)10-13(17)2/h7-8,10-11,16,22H,4-6,9,12H2,1-3H3,(H2,23,24,26)/p+1/b18-11-,22-14?. The molecule has 0 amide bonds. The molecule has 0 bridgehead atoms. The molecule has 27 heavy (non-hydrogen) atoms. The van der Waals surface area contributed by atoms with E-state index < -0.39 is 0 Å². The molecule has 7 heteroatoms. The number of rotatable bonds is 4. The Balaban J connectivity index is 1.88. The van der Waals surface area contributed by atoms with Crippen LogP contribution in [-0.2, 0) is 0 Å². The van der Waals surface area contributed by atoms with Gasteiger partial charge in [0.25, 0.3) is 0 Å². The highest BCUT2D eigenvalue weighted by Gasteiger charge is 2.26. The second-order valence-electron chi connectivity index (χ2n) is 7.16. The molecule has 0 radical (unpaired) electrons. The van der Waals surface area contributed by atoms with Crippen LogP contribution in [0.3, 0.4) is 0 Å². The number of benzene rings is 1. The van der Waals surface area contributed by atoms with Gasteiger partial charge in [-0.1, -0.05) is 24.6 Å². The quantitative estimate of drug-likeness (QED) is 0.693. The number of likely N-dealkylation sites (tertiary alicyclic amines) is 1. The number of nitrogens with two attached hydrogens (primary N) is 1. The van der Waals surface area contributed by atoms with Crippen molar-refractivity contribution in [2.24, 2.45) is 10.1 Å². The molecule has 144 valence electrons. The number of hydrazone groups is 1. The molecule has 1 unspecified atom stereocenters. The topological polar surface area (TPSA) is 80.4 Å². The Hall–Kier alpha value is -2.02. The fourth-order valence-electron chi connectivity index (χ4n) is 3.56. The number of likely N-dealkylation sites (N-methyl/N-ethyl adjacent to an activating group) is 1. The summed E-state index contributed by atoms with van der Waals surface area (Å²) in [6, 6.07) is 6.06. The van der Waals surface area contributed by atoms with Crippen LogP contribution in [0.4, 0.5) is 0 Å². The van der Waals surface area contributed by atoms with E-state index in [4.69, 9.17) is 22.0 Å². The molecular weight excluding hydrogens is 360 g/mol. The zero-order chi connectivity index (χ0) is 19.4. The third-order valence-electron chi connectivity index (χ3n) is 4.91. The highest BCUT2D eigenvalue weighted by Crippen LogP contribution is 2.18. The van der Waals surface area contributed by atoms with Crippen LogP contribution in [-0.4, -0.2) is 48.0 Å². The molecule has 6 nitrogen and oxygen atoms in total. The van der Waals surface area contributed by atoms with Crippen LogP contribution in [0.2, 0.25) is 5.02 Å². The average molecular weight is 388 g/mol. The first-order chi connectivity index (χ1) is 13.0. The van der Waals surface area contributed by atoms with Crippen LogP contribution in [0.25, 0.3) is 0 Å². The maximum absolute atomic E-state index is 7.90. The van der Waals surface area contributed by atoms with Crippen molar-refractivity contribution in [3.8, 4) is 0 Å². The van der Waals surface area contributed by atoms with Gasteiger partial charge in [-0.2, -0.15) is 5.10 Å².